The number of carbonyl (C=O) groups is 1. The van der Waals surface area contributed by atoms with Crippen molar-refractivity contribution < 1.29 is 18.7 Å². The molecule has 0 bridgehead atoms. The Labute approximate surface area is 107 Å². The summed E-state index contributed by atoms with van der Waals surface area (Å²) in [4.78, 5) is 11.8. The summed E-state index contributed by atoms with van der Waals surface area (Å²) in [6, 6.07) is 6.46. The molecule has 0 saturated heterocycles. The highest BCUT2D eigenvalue weighted by Gasteiger charge is 2.13. The number of benzene rings is 2. The molecule has 0 saturated carbocycles. The lowest BCUT2D eigenvalue weighted by molar-refractivity contribution is 0.102. The lowest BCUT2D eigenvalue weighted by Crippen LogP contribution is -2.12. The first-order chi connectivity index (χ1) is 8.95. The fourth-order valence-electron chi connectivity index (χ4n) is 1.57. The molecule has 0 aliphatic carbocycles. The average Bonchev–Trinajstić information content (AvgIpc) is 2.30. The maximum Gasteiger partial charge on any atom is 0.259 e. The first kappa shape index (κ1) is 12.8. The van der Waals surface area contributed by atoms with E-state index in [0.717, 1.165) is 30.3 Å². The molecular weight excluding hydrogens is 254 g/mol. The molecule has 6 heteroatoms. The normalized spacial score (nSPS) is 10.2. The van der Waals surface area contributed by atoms with Crippen LogP contribution in [0.3, 0.4) is 0 Å². The first-order valence-corrected chi connectivity index (χ1v) is 5.31. The van der Waals surface area contributed by atoms with Crippen molar-refractivity contribution in [2.75, 3.05) is 11.1 Å². The van der Waals surface area contributed by atoms with E-state index in [9.17, 15) is 18.7 Å². The van der Waals surface area contributed by atoms with E-state index in [-0.39, 0.29) is 22.7 Å². The van der Waals surface area contributed by atoms with Crippen molar-refractivity contribution in [3.63, 3.8) is 0 Å². The molecule has 0 aromatic heterocycles. The molecule has 0 spiro atoms. The van der Waals surface area contributed by atoms with E-state index < -0.39 is 17.5 Å². The molecule has 2 aromatic rings. The number of nitrogens with two attached hydrogens (primary N) is 1. The minimum absolute atomic E-state index is 0.117. The molecule has 4 N–H and O–H groups in total. The van der Waals surface area contributed by atoms with Crippen LogP contribution in [0, 0.1) is 11.6 Å². The highest BCUT2D eigenvalue weighted by Crippen LogP contribution is 2.21. The summed E-state index contributed by atoms with van der Waals surface area (Å²) in [5.41, 5.74) is 5.43. The topological polar surface area (TPSA) is 75.3 Å². The number of phenolic OH excluding ortho intramolecular Hbond substituents is 1. The van der Waals surface area contributed by atoms with Crippen LogP contribution in [-0.4, -0.2) is 11.0 Å². The Morgan fingerprint density at radius 1 is 1.11 bits per heavy atom. The summed E-state index contributed by atoms with van der Waals surface area (Å²) in [6.07, 6.45) is 0. The molecule has 0 aliphatic heterocycles. The Bertz CT molecular complexity index is 624. The smallest absolute Gasteiger partial charge is 0.259 e. The molecule has 0 fully saturated rings. The third-order valence-electron chi connectivity index (χ3n) is 2.38. The number of hydrogen-bond donors (Lipinski definition) is 3. The summed E-state index contributed by atoms with van der Waals surface area (Å²) < 4.78 is 26.1. The van der Waals surface area contributed by atoms with Gasteiger partial charge in [-0.2, -0.15) is 0 Å². The minimum Gasteiger partial charge on any atom is -0.507 e. The van der Waals surface area contributed by atoms with E-state index in [2.05, 4.69) is 5.32 Å². The molecule has 0 unspecified atom stereocenters. The minimum atomic E-state index is -0.762. The zero-order valence-corrected chi connectivity index (χ0v) is 9.65. The standard InChI is InChI=1S/C13H10F2N2O2/c14-7-1-2-12(18)11(5-7)13(19)17-10-4-8(15)3-9(16)6-10/h1-6,18H,16H2,(H,17,19). The van der Waals surface area contributed by atoms with Gasteiger partial charge in [-0.15, -0.1) is 0 Å². The van der Waals surface area contributed by atoms with Crippen LogP contribution < -0.4 is 11.1 Å². The van der Waals surface area contributed by atoms with Crippen molar-refractivity contribution in [2.45, 2.75) is 0 Å². The number of hydrogen-bond acceptors (Lipinski definition) is 3. The fraction of sp³-hybridized carbons (Fsp3) is 0. The van der Waals surface area contributed by atoms with Gasteiger partial charge in [0, 0.05) is 11.4 Å². The molecule has 98 valence electrons. The van der Waals surface area contributed by atoms with Crippen molar-refractivity contribution in [2.24, 2.45) is 0 Å². The lowest BCUT2D eigenvalue weighted by Gasteiger charge is -2.08. The number of aromatic hydroxyl groups is 1. The van der Waals surface area contributed by atoms with Crippen LogP contribution in [0.5, 0.6) is 5.75 Å². The van der Waals surface area contributed by atoms with Crippen molar-refractivity contribution in [3.05, 3.63) is 53.6 Å². The van der Waals surface area contributed by atoms with Crippen molar-refractivity contribution in [3.8, 4) is 5.75 Å². The molecular formula is C13H10F2N2O2. The number of rotatable bonds is 2. The van der Waals surface area contributed by atoms with Crippen LogP contribution in [-0.2, 0) is 0 Å². The van der Waals surface area contributed by atoms with Gasteiger partial charge in [0.1, 0.15) is 17.4 Å². The van der Waals surface area contributed by atoms with Crippen LogP contribution in [0.15, 0.2) is 36.4 Å². The zero-order valence-electron chi connectivity index (χ0n) is 9.65. The van der Waals surface area contributed by atoms with Gasteiger partial charge in [-0.05, 0) is 36.4 Å². The Hall–Kier alpha value is -2.63. The molecule has 19 heavy (non-hydrogen) atoms. The lowest BCUT2D eigenvalue weighted by atomic mass is 10.1. The second-order valence-electron chi connectivity index (χ2n) is 3.89. The highest BCUT2D eigenvalue weighted by atomic mass is 19.1. The molecule has 0 heterocycles. The molecule has 0 radical (unpaired) electrons. The predicted octanol–water partition coefficient (Wildman–Crippen LogP) is 2.50. The van der Waals surface area contributed by atoms with Crippen molar-refractivity contribution in [1.82, 2.24) is 0 Å². The fourth-order valence-corrected chi connectivity index (χ4v) is 1.57. The van der Waals surface area contributed by atoms with Crippen molar-refractivity contribution >= 4 is 17.3 Å². The van der Waals surface area contributed by atoms with E-state index in [0.29, 0.717) is 0 Å². The van der Waals surface area contributed by atoms with Gasteiger partial charge in [0.05, 0.1) is 5.56 Å². The Balaban J connectivity index is 2.28. The number of phenols is 1. The maximum absolute atomic E-state index is 13.1. The molecule has 2 rings (SSSR count). The number of anilines is 2. The quantitative estimate of drug-likeness (QED) is 0.729. The zero-order chi connectivity index (χ0) is 14.0. The third kappa shape index (κ3) is 2.98. The summed E-state index contributed by atoms with van der Waals surface area (Å²) >= 11 is 0. The number of amides is 1. The van der Waals surface area contributed by atoms with Gasteiger partial charge >= 0.3 is 0 Å². The number of nitrogen functional groups attached to an aromatic ring is 1. The van der Waals surface area contributed by atoms with Gasteiger partial charge in [-0.3, -0.25) is 4.79 Å². The summed E-state index contributed by atoms with van der Waals surface area (Å²) in [7, 11) is 0. The Morgan fingerprint density at radius 2 is 1.84 bits per heavy atom. The molecule has 0 atom stereocenters. The van der Waals surface area contributed by atoms with Crippen LogP contribution in [0.1, 0.15) is 10.4 Å². The van der Waals surface area contributed by atoms with Crippen LogP contribution >= 0.6 is 0 Å². The van der Waals surface area contributed by atoms with E-state index in [1.165, 1.54) is 6.07 Å². The largest absolute Gasteiger partial charge is 0.507 e. The number of halogens is 2. The van der Waals surface area contributed by atoms with Crippen LogP contribution in [0.4, 0.5) is 20.2 Å². The second kappa shape index (κ2) is 4.93. The third-order valence-corrected chi connectivity index (χ3v) is 2.38. The van der Waals surface area contributed by atoms with E-state index in [4.69, 9.17) is 5.73 Å². The number of nitrogens with one attached hydrogen (secondary N) is 1. The SMILES string of the molecule is Nc1cc(F)cc(NC(=O)c2cc(F)ccc2O)c1. The second-order valence-corrected chi connectivity index (χ2v) is 3.89. The van der Waals surface area contributed by atoms with Gasteiger partial charge in [0.25, 0.3) is 5.91 Å². The molecule has 4 nitrogen and oxygen atoms in total. The number of carbonyl (C=O) groups excluding carboxylic acids is 1. The maximum atomic E-state index is 13.1. The Morgan fingerprint density at radius 3 is 2.53 bits per heavy atom. The van der Waals surface area contributed by atoms with Crippen LogP contribution in [0.2, 0.25) is 0 Å². The van der Waals surface area contributed by atoms with Gasteiger partial charge < -0.3 is 16.2 Å². The Kier molecular flexibility index (Phi) is 3.33. The van der Waals surface area contributed by atoms with E-state index >= 15 is 0 Å². The average molecular weight is 264 g/mol. The highest BCUT2D eigenvalue weighted by molar-refractivity contribution is 6.06. The van der Waals surface area contributed by atoms with E-state index in [1.54, 1.807) is 0 Å². The van der Waals surface area contributed by atoms with Gasteiger partial charge in [0.2, 0.25) is 0 Å². The van der Waals surface area contributed by atoms with Gasteiger partial charge in [-0.25, -0.2) is 8.78 Å². The predicted molar refractivity (Wildman–Crippen MR) is 66.8 cm³/mol. The molecule has 2 aromatic carbocycles. The molecule has 1 amide bonds. The van der Waals surface area contributed by atoms with E-state index in [1.807, 2.05) is 0 Å². The van der Waals surface area contributed by atoms with Crippen LogP contribution in [0.25, 0.3) is 0 Å². The first-order valence-electron chi connectivity index (χ1n) is 5.31. The van der Waals surface area contributed by atoms with Gasteiger partial charge in [-0.1, -0.05) is 0 Å². The monoisotopic (exact) mass is 264 g/mol. The summed E-state index contributed by atoms with van der Waals surface area (Å²) in [6.45, 7) is 0. The molecule has 0 aliphatic rings. The van der Waals surface area contributed by atoms with Gasteiger partial charge in [0.15, 0.2) is 0 Å². The van der Waals surface area contributed by atoms with Crippen molar-refractivity contribution in [1.29, 1.82) is 0 Å². The summed E-state index contributed by atoms with van der Waals surface area (Å²) in [5.74, 6) is -2.41. The summed E-state index contributed by atoms with van der Waals surface area (Å²) in [5, 5.41) is 11.8.